The van der Waals surface area contributed by atoms with Crippen LogP contribution in [0, 0.1) is 0 Å². The fraction of sp³-hybridized carbons (Fsp3) is 0.133. The van der Waals surface area contributed by atoms with Crippen LogP contribution >= 0.6 is 0 Å². The molecule has 0 bridgehead atoms. The minimum absolute atomic E-state index is 0.321. The molecule has 2 heterocycles. The van der Waals surface area contributed by atoms with E-state index in [1.165, 1.54) is 0 Å². The molecule has 0 fully saturated rings. The highest BCUT2D eigenvalue weighted by Crippen LogP contribution is 2.20. The Bertz CT molecular complexity index is 729. The van der Waals surface area contributed by atoms with Crippen molar-refractivity contribution in [2.24, 2.45) is 0 Å². The van der Waals surface area contributed by atoms with Crippen LogP contribution in [0.2, 0.25) is 0 Å². The molecule has 0 amide bonds. The van der Waals surface area contributed by atoms with Crippen molar-refractivity contribution in [1.82, 2.24) is 19.5 Å². The molecule has 0 unspecified atom stereocenters. The summed E-state index contributed by atoms with van der Waals surface area (Å²) in [6, 6.07) is 7.14. The van der Waals surface area contributed by atoms with Crippen LogP contribution in [-0.4, -0.2) is 32.1 Å². The lowest BCUT2D eigenvalue weighted by atomic mass is 10.1. The number of hydrogen-bond acceptors (Lipinski definition) is 4. The third-order valence-electron chi connectivity index (χ3n) is 3.01. The quantitative estimate of drug-likeness (QED) is 0.746. The fourth-order valence-corrected chi connectivity index (χ4v) is 2.05. The second kappa shape index (κ2) is 5.62. The van der Waals surface area contributed by atoms with Crippen LogP contribution in [0.5, 0.6) is 0 Å². The summed E-state index contributed by atoms with van der Waals surface area (Å²) in [7, 11) is 0. The van der Waals surface area contributed by atoms with Gasteiger partial charge in [0, 0.05) is 30.4 Å². The molecule has 1 aromatic carbocycles. The molecule has 3 rings (SSSR count). The summed E-state index contributed by atoms with van der Waals surface area (Å²) in [5, 5.41) is 0. The number of carbonyl (C=O) groups is 1. The summed E-state index contributed by atoms with van der Waals surface area (Å²) in [6.45, 7) is 2.15. The van der Waals surface area contributed by atoms with Gasteiger partial charge >= 0.3 is 5.97 Å². The molecule has 6 nitrogen and oxygen atoms in total. The topological polar surface area (TPSA) is 72.8 Å². The van der Waals surface area contributed by atoms with Crippen molar-refractivity contribution in [3.63, 3.8) is 0 Å². The number of rotatable bonds is 4. The number of H-pyrrole nitrogens is 1. The Morgan fingerprint density at radius 1 is 1.24 bits per heavy atom. The Hall–Kier alpha value is -2.89. The average molecular weight is 282 g/mol. The first-order chi connectivity index (χ1) is 10.3. The van der Waals surface area contributed by atoms with E-state index in [4.69, 9.17) is 4.74 Å². The van der Waals surface area contributed by atoms with E-state index in [0.29, 0.717) is 18.1 Å². The summed E-state index contributed by atoms with van der Waals surface area (Å²) < 4.78 is 6.81. The normalized spacial score (nSPS) is 10.5. The second-order valence-electron chi connectivity index (χ2n) is 4.33. The van der Waals surface area contributed by atoms with Gasteiger partial charge in [-0.15, -0.1) is 0 Å². The fourth-order valence-electron chi connectivity index (χ4n) is 2.05. The van der Waals surface area contributed by atoms with Gasteiger partial charge in [-0.1, -0.05) is 12.1 Å². The van der Waals surface area contributed by atoms with Crippen LogP contribution in [0.15, 0.2) is 49.1 Å². The number of nitrogens with one attached hydrogen (secondary N) is 1. The van der Waals surface area contributed by atoms with Gasteiger partial charge in [0.15, 0.2) is 0 Å². The van der Waals surface area contributed by atoms with E-state index < -0.39 is 0 Å². The summed E-state index contributed by atoms with van der Waals surface area (Å²) in [5.41, 5.74) is 1.42. The van der Waals surface area contributed by atoms with Gasteiger partial charge in [0.25, 0.3) is 0 Å². The smallest absolute Gasteiger partial charge is 0.338 e. The molecule has 0 saturated carbocycles. The van der Waals surface area contributed by atoms with Crippen LogP contribution in [0.25, 0.3) is 17.3 Å². The maximum Gasteiger partial charge on any atom is 0.338 e. The predicted molar refractivity (Wildman–Crippen MR) is 77.1 cm³/mol. The number of hydrogen-bond donors (Lipinski definition) is 1. The molecular formula is C15H14N4O2. The predicted octanol–water partition coefficient (Wildman–Crippen LogP) is 2.44. The van der Waals surface area contributed by atoms with Gasteiger partial charge in [-0.3, -0.25) is 4.57 Å². The van der Waals surface area contributed by atoms with Crippen LogP contribution in [-0.2, 0) is 4.74 Å². The minimum Gasteiger partial charge on any atom is -0.462 e. The highest BCUT2D eigenvalue weighted by Gasteiger charge is 2.11. The SMILES string of the molecule is CCOC(=O)c1ccc(-c2nccn2-c2ncc[nH]2)cc1. The zero-order valence-electron chi connectivity index (χ0n) is 11.5. The Morgan fingerprint density at radius 3 is 2.71 bits per heavy atom. The van der Waals surface area contributed by atoms with Crippen molar-refractivity contribution >= 4 is 5.97 Å². The minimum atomic E-state index is -0.321. The number of benzene rings is 1. The van der Waals surface area contributed by atoms with Gasteiger partial charge in [0.1, 0.15) is 5.82 Å². The van der Waals surface area contributed by atoms with Crippen LogP contribution in [0.3, 0.4) is 0 Å². The molecule has 0 saturated heterocycles. The van der Waals surface area contributed by atoms with E-state index in [1.54, 1.807) is 37.6 Å². The van der Waals surface area contributed by atoms with Gasteiger partial charge in [0.2, 0.25) is 5.95 Å². The highest BCUT2D eigenvalue weighted by molar-refractivity contribution is 5.89. The lowest BCUT2D eigenvalue weighted by Gasteiger charge is -2.06. The molecule has 0 aliphatic carbocycles. The molecule has 0 spiro atoms. The molecule has 3 aromatic rings. The number of imidazole rings is 2. The van der Waals surface area contributed by atoms with Gasteiger partial charge < -0.3 is 9.72 Å². The van der Waals surface area contributed by atoms with E-state index in [1.807, 2.05) is 22.9 Å². The Morgan fingerprint density at radius 2 is 2.05 bits per heavy atom. The molecule has 6 heteroatoms. The molecule has 0 radical (unpaired) electrons. The van der Waals surface area contributed by atoms with Crippen molar-refractivity contribution in [2.45, 2.75) is 6.92 Å². The van der Waals surface area contributed by atoms with Crippen molar-refractivity contribution in [2.75, 3.05) is 6.61 Å². The Balaban J connectivity index is 1.92. The number of aromatic amines is 1. The third-order valence-corrected chi connectivity index (χ3v) is 3.01. The number of aromatic nitrogens is 4. The molecule has 21 heavy (non-hydrogen) atoms. The maximum atomic E-state index is 11.6. The number of esters is 1. The van der Waals surface area contributed by atoms with E-state index in [0.717, 1.165) is 11.4 Å². The average Bonchev–Trinajstić information content (AvgIpc) is 3.18. The molecule has 106 valence electrons. The van der Waals surface area contributed by atoms with E-state index in [2.05, 4.69) is 15.0 Å². The van der Waals surface area contributed by atoms with Gasteiger partial charge in [0.05, 0.1) is 12.2 Å². The third kappa shape index (κ3) is 2.55. The van der Waals surface area contributed by atoms with Crippen molar-refractivity contribution in [3.8, 4) is 17.3 Å². The van der Waals surface area contributed by atoms with Gasteiger partial charge in [-0.25, -0.2) is 14.8 Å². The highest BCUT2D eigenvalue weighted by atomic mass is 16.5. The standard InChI is InChI=1S/C15H14N4O2/c1-2-21-14(20)12-5-3-11(4-6-12)13-16-9-10-19(13)15-17-7-8-18-15/h3-10H,2H2,1H3,(H,17,18). The van der Waals surface area contributed by atoms with Crippen LogP contribution < -0.4 is 0 Å². The van der Waals surface area contributed by atoms with E-state index in [-0.39, 0.29) is 5.97 Å². The van der Waals surface area contributed by atoms with Crippen LogP contribution in [0.4, 0.5) is 0 Å². The summed E-state index contributed by atoms with van der Waals surface area (Å²) in [6.07, 6.45) is 6.97. The first-order valence-corrected chi connectivity index (χ1v) is 6.60. The molecule has 2 aromatic heterocycles. The van der Waals surface area contributed by atoms with Crippen molar-refractivity contribution in [3.05, 3.63) is 54.6 Å². The number of ether oxygens (including phenoxy) is 1. The lowest BCUT2D eigenvalue weighted by molar-refractivity contribution is 0.0526. The molecule has 0 aliphatic heterocycles. The van der Waals surface area contributed by atoms with Gasteiger partial charge in [-0.2, -0.15) is 0 Å². The maximum absolute atomic E-state index is 11.6. The number of carbonyl (C=O) groups excluding carboxylic acids is 1. The molecule has 0 atom stereocenters. The summed E-state index contributed by atoms with van der Waals surface area (Å²) in [5.74, 6) is 1.12. The van der Waals surface area contributed by atoms with Crippen molar-refractivity contribution < 1.29 is 9.53 Å². The summed E-state index contributed by atoms with van der Waals surface area (Å²) in [4.78, 5) is 23.2. The molecule has 1 N–H and O–H groups in total. The van der Waals surface area contributed by atoms with Gasteiger partial charge in [-0.05, 0) is 19.1 Å². The summed E-state index contributed by atoms with van der Waals surface area (Å²) >= 11 is 0. The monoisotopic (exact) mass is 282 g/mol. The zero-order valence-corrected chi connectivity index (χ0v) is 11.5. The second-order valence-corrected chi connectivity index (χ2v) is 4.33. The Labute approximate surface area is 121 Å². The van der Waals surface area contributed by atoms with E-state index in [9.17, 15) is 4.79 Å². The Kier molecular flexibility index (Phi) is 3.51. The lowest BCUT2D eigenvalue weighted by Crippen LogP contribution is -2.04. The zero-order chi connectivity index (χ0) is 14.7. The van der Waals surface area contributed by atoms with Crippen molar-refractivity contribution in [1.29, 1.82) is 0 Å². The number of nitrogens with zero attached hydrogens (tertiary/aromatic N) is 3. The first kappa shape index (κ1) is 13.1. The largest absolute Gasteiger partial charge is 0.462 e. The molecular weight excluding hydrogens is 268 g/mol. The van der Waals surface area contributed by atoms with Crippen LogP contribution in [0.1, 0.15) is 17.3 Å². The molecule has 0 aliphatic rings. The first-order valence-electron chi connectivity index (χ1n) is 6.60. The van der Waals surface area contributed by atoms with E-state index >= 15 is 0 Å².